The van der Waals surface area contributed by atoms with E-state index in [0.29, 0.717) is 11.5 Å². The van der Waals surface area contributed by atoms with Gasteiger partial charge in [0.15, 0.2) is 11.6 Å². The second-order valence-corrected chi connectivity index (χ2v) is 5.73. The first-order chi connectivity index (χ1) is 10.2. The molecule has 2 rings (SSSR count). The van der Waals surface area contributed by atoms with E-state index >= 15 is 0 Å². The molecule has 1 saturated carbocycles. The molecule has 0 aliphatic heterocycles. The Labute approximate surface area is 126 Å². The third kappa shape index (κ3) is 3.55. The van der Waals surface area contributed by atoms with Gasteiger partial charge in [-0.1, -0.05) is 31.4 Å². The largest absolute Gasteiger partial charge is 0.494 e. The Morgan fingerprint density at radius 3 is 2.48 bits per heavy atom. The van der Waals surface area contributed by atoms with Crippen molar-refractivity contribution in [1.82, 2.24) is 5.32 Å². The van der Waals surface area contributed by atoms with E-state index in [-0.39, 0.29) is 23.7 Å². The zero-order chi connectivity index (χ0) is 15.2. The molecule has 1 aromatic rings. The first kappa shape index (κ1) is 16.2. The van der Waals surface area contributed by atoms with E-state index in [0.717, 1.165) is 12.8 Å². The van der Waals surface area contributed by atoms with E-state index in [4.69, 9.17) is 9.47 Å². The molecule has 0 bridgehead atoms. The minimum Gasteiger partial charge on any atom is -0.494 e. The van der Waals surface area contributed by atoms with Gasteiger partial charge in [0.05, 0.1) is 19.3 Å². The summed E-state index contributed by atoms with van der Waals surface area (Å²) < 4.78 is 25.4. The molecule has 0 heterocycles. The van der Waals surface area contributed by atoms with Gasteiger partial charge in [0, 0.05) is 12.7 Å². The lowest BCUT2D eigenvalue weighted by molar-refractivity contribution is 0.00849. The molecule has 1 aliphatic carbocycles. The number of halogens is 1. The molecule has 0 radical (unpaired) electrons. The number of hydrogen-bond acceptors (Lipinski definition) is 3. The van der Waals surface area contributed by atoms with Crippen molar-refractivity contribution in [3.8, 4) is 5.75 Å². The Morgan fingerprint density at radius 2 is 1.90 bits per heavy atom. The summed E-state index contributed by atoms with van der Waals surface area (Å²) >= 11 is 0. The Morgan fingerprint density at radius 1 is 1.19 bits per heavy atom. The number of rotatable bonds is 6. The number of ether oxygens (including phenoxy) is 2. The molecule has 1 aromatic carbocycles. The van der Waals surface area contributed by atoms with Crippen LogP contribution in [0.25, 0.3) is 0 Å². The van der Waals surface area contributed by atoms with Crippen molar-refractivity contribution in [3.63, 3.8) is 0 Å². The van der Waals surface area contributed by atoms with E-state index in [1.54, 1.807) is 13.2 Å². The minimum absolute atomic E-state index is 0.0168. The lowest BCUT2D eigenvalue weighted by Gasteiger charge is -2.35. The maximum Gasteiger partial charge on any atom is 0.169 e. The van der Waals surface area contributed by atoms with Crippen LogP contribution in [0.3, 0.4) is 0 Å². The standard InChI is InChI=1S/C17H26FNO2/c1-19-16(13-10-7-11-14(20-2)15(13)18)17(21-3)12-8-5-4-6-9-12/h7,10-12,16-17,19H,4-6,8-9H2,1-3H3. The van der Waals surface area contributed by atoms with Crippen LogP contribution >= 0.6 is 0 Å². The number of likely N-dealkylation sites (N-methyl/N-ethyl adjacent to an activating group) is 1. The molecule has 3 nitrogen and oxygen atoms in total. The topological polar surface area (TPSA) is 30.5 Å². The summed E-state index contributed by atoms with van der Waals surface area (Å²) in [6, 6.07) is 5.13. The van der Waals surface area contributed by atoms with Crippen molar-refractivity contribution in [3.05, 3.63) is 29.6 Å². The van der Waals surface area contributed by atoms with Gasteiger partial charge in [-0.15, -0.1) is 0 Å². The van der Waals surface area contributed by atoms with Crippen LogP contribution in [0.2, 0.25) is 0 Å². The fourth-order valence-corrected chi connectivity index (χ4v) is 3.49. The van der Waals surface area contributed by atoms with Crippen molar-refractivity contribution in [2.45, 2.75) is 44.2 Å². The fraction of sp³-hybridized carbons (Fsp3) is 0.647. The molecule has 21 heavy (non-hydrogen) atoms. The molecular weight excluding hydrogens is 269 g/mol. The average Bonchev–Trinajstić information content (AvgIpc) is 2.54. The second-order valence-electron chi connectivity index (χ2n) is 5.73. The fourth-order valence-electron chi connectivity index (χ4n) is 3.49. The summed E-state index contributed by atoms with van der Waals surface area (Å²) in [7, 11) is 5.08. The van der Waals surface area contributed by atoms with Crippen LogP contribution in [0.5, 0.6) is 5.75 Å². The summed E-state index contributed by atoms with van der Waals surface area (Å²) in [5.74, 6) is 0.468. The van der Waals surface area contributed by atoms with Crippen molar-refractivity contribution in [1.29, 1.82) is 0 Å². The lowest BCUT2D eigenvalue weighted by atomic mass is 9.81. The minimum atomic E-state index is -0.294. The highest BCUT2D eigenvalue weighted by Crippen LogP contribution is 2.36. The molecule has 1 fully saturated rings. The normalized spacial score (nSPS) is 19.2. The van der Waals surface area contributed by atoms with Gasteiger partial charge in [0.2, 0.25) is 0 Å². The molecule has 0 aromatic heterocycles. The number of benzene rings is 1. The Hall–Kier alpha value is -1.13. The van der Waals surface area contributed by atoms with Crippen molar-refractivity contribution in [2.75, 3.05) is 21.3 Å². The number of methoxy groups -OCH3 is 2. The maximum absolute atomic E-state index is 14.6. The Kier molecular flexibility index (Phi) is 6.00. The monoisotopic (exact) mass is 295 g/mol. The van der Waals surface area contributed by atoms with Crippen LogP contribution < -0.4 is 10.1 Å². The van der Waals surface area contributed by atoms with Gasteiger partial charge in [0.1, 0.15) is 0 Å². The Balaban J connectivity index is 2.28. The van der Waals surface area contributed by atoms with Crippen molar-refractivity contribution in [2.24, 2.45) is 5.92 Å². The summed E-state index contributed by atoms with van der Waals surface area (Å²) in [6.07, 6.45) is 6.06. The zero-order valence-corrected chi connectivity index (χ0v) is 13.2. The van der Waals surface area contributed by atoms with Crippen LogP contribution in [0.1, 0.15) is 43.7 Å². The highest BCUT2D eigenvalue weighted by Gasteiger charge is 2.32. The first-order valence-corrected chi connectivity index (χ1v) is 7.75. The average molecular weight is 295 g/mol. The lowest BCUT2D eigenvalue weighted by Crippen LogP contribution is -2.38. The SMILES string of the molecule is CNC(c1cccc(OC)c1F)C(OC)C1CCCCC1. The molecular formula is C17H26FNO2. The molecule has 1 N–H and O–H groups in total. The van der Waals surface area contributed by atoms with Gasteiger partial charge < -0.3 is 14.8 Å². The first-order valence-electron chi connectivity index (χ1n) is 7.75. The summed E-state index contributed by atoms with van der Waals surface area (Å²) in [6.45, 7) is 0. The van der Waals surface area contributed by atoms with Gasteiger partial charge in [0.25, 0.3) is 0 Å². The summed E-state index contributed by atoms with van der Waals surface area (Å²) in [5, 5.41) is 3.24. The van der Waals surface area contributed by atoms with Gasteiger partial charge in [-0.25, -0.2) is 4.39 Å². The molecule has 2 atom stereocenters. The van der Waals surface area contributed by atoms with Crippen molar-refractivity contribution < 1.29 is 13.9 Å². The van der Waals surface area contributed by atoms with Crippen LogP contribution in [-0.4, -0.2) is 27.4 Å². The van der Waals surface area contributed by atoms with Crippen LogP contribution in [0.15, 0.2) is 18.2 Å². The predicted molar refractivity (Wildman–Crippen MR) is 82.1 cm³/mol. The molecule has 4 heteroatoms. The quantitative estimate of drug-likeness (QED) is 0.868. The van der Waals surface area contributed by atoms with E-state index in [1.807, 2.05) is 19.2 Å². The molecule has 0 amide bonds. The van der Waals surface area contributed by atoms with Gasteiger partial charge in [-0.05, 0) is 31.9 Å². The molecule has 0 spiro atoms. The van der Waals surface area contributed by atoms with E-state index in [2.05, 4.69) is 5.32 Å². The van der Waals surface area contributed by atoms with Crippen LogP contribution in [-0.2, 0) is 4.74 Å². The predicted octanol–water partition coefficient (Wildman–Crippen LogP) is 3.69. The van der Waals surface area contributed by atoms with E-state index in [9.17, 15) is 4.39 Å². The third-order valence-corrected chi connectivity index (χ3v) is 4.57. The summed E-state index contributed by atoms with van der Waals surface area (Å²) in [5.41, 5.74) is 0.620. The molecule has 1 aliphatic rings. The van der Waals surface area contributed by atoms with Crippen molar-refractivity contribution >= 4 is 0 Å². The van der Waals surface area contributed by atoms with Gasteiger partial charge >= 0.3 is 0 Å². The van der Waals surface area contributed by atoms with E-state index in [1.165, 1.54) is 26.4 Å². The molecule has 118 valence electrons. The highest BCUT2D eigenvalue weighted by atomic mass is 19.1. The highest BCUT2D eigenvalue weighted by molar-refractivity contribution is 5.33. The smallest absolute Gasteiger partial charge is 0.169 e. The summed E-state index contributed by atoms with van der Waals surface area (Å²) in [4.78, 5) is 0. The van der Waals surface area contributed by atoms with Gasteiger partial charge in [-0.3, -0.25) is 0 Å². The van der Waals surface area contributed by atoms with Crippen LogP contribution in [0, 0.1) is 11.7 Å². The van der Waals surface area contributed by atoms with Crippen LogP contribution in [0.4, 0.5) is 4.39 Å². The molecule has 0 saturated heterocycles. The van der Waals surface area contributed by atoms with Gasteiger partial charge in [-0.2, -0.15) is 0 Å². The van der Waals surface area contributed by atoms with E-state index < -0.39 is 0 Å². The Bertz CT molecular complexity index is 446. The maximum atomic E-state index is 14.6. The third-order valence-electron chi connectivity index (χ3n) is 4.57. The number of hydrogen-bond donors (Lipinski definition) is 1. The number of nitrogens with one attached hydrogen (secondary N) is 1. The molecule has 2 unspecified atom stereocenters. The zero-order valence-electron chi connectivity index (χ0n) is 13.2. The second kappa shape index (κ2) is 7.76.